The summed E-state index contributed by atoms with van der Waals surface area (Å²) >= 11 is 0. The van der Waals surface area contributed by atoms with Gasteiger partial charge in [-0.3, -0.25) is 4.79 Å². The number of hydrogen-bond acceptors (Lipinski definition) is 7. The highest BCUT2D eigenvalue weighted by atomic mass is 16.5. The maximum absolute atomic E-state index is 13.0. The topological polar surface area (TPSA) is 105 Å². The number of aliphatic hydroxyl groups excluding tert-OH is 1. The molecule has 176 valence electrons. The number of aromatic hydroxyl groups is 2. The van der Waals surface area contributed by atoms with E-state index in [9.17, 15) is 20.1 Å². The van der Waals surface area contributed by atoms with Crippen LogP contribution in [0.3, 0.4) is 0 Å². The van der Waals surface area contributed by atoms with Crippen LogP contribution in [0.5, 0.6) is 28.7 Å². The number of methoxy groups -OCH3 is 1. The van der Waals surface area contributed by atoms with Crippen molar-refractivity contribution in [2.24, 2.45) is 0 Å². The van der Waals surface area contributed by atoms with Crippen LogP contribution < -0.4 is 14.2 Å². The van der Waals surface area contributed by atoms with Gasteiger partial charge in [0.05, 0.1) is 19.6 Å². The van der Waals surface area contributed by atoms with E-state index in [1.807, 2.05) is 20.8 Å². The van der Waals surface area contributed by atoms with E-state index in [-0.39, 0.29) is 47.2 Å². The highest BCUT2D eigenvalue weighted by Crippen LogP contribution is 2.49. The van der Waals surface area contributed by atoms with Crippen molar-refractivity contribution in [1.29, 1.82) is 0 Å². The zero-order chi connectivity index (χ0) is 23.9. The van der Waals surface area contributed by atoms with Crippen LogP contribution >= 0.6 is 0 Å². The number of phenols is 2. The first-order chi connectivity index (χ1) is 15.6. The summed E-state index contributed by atoms with van der Waals surface area (Å²) in [7, 11) is 1.45. The van der Waals surface area contributed by atoms with Crippen molar-refractivity contribution in [2.75, 3.05) is 7.11 Å². The number of phenolic OH excluding ortho intramolecular Hbond substituents is 2. The van der Waals surface area contributed by atoms with Gasteiger partial charge in [0.25, 0.3) is 0 Å². The molecule has 0 radical (unpaired) electrons. The number of ketones is 1. The summed E-state index contributed by atoms with van der Waals surface area (Å²) in [6.45, 7) is 5.90. The van der Waals surface area contributed by atoms with E-state index in [1.165, 1.54) is 18.7 Å². The fourth-order valence-corrected chi connectivity index (χ4v) is 4.45. The molecule has 3 atom stereocenters. The van der Waals surface area contributed by atoms with Crippen LogP contribution in [0.25, 0.3) is 0 Å². The Labute approximate surface area is 193 Å². The smallest absolute Gasteiger partial charge is 0.174 e. The van der Waals surface area contributed by atoms with Gasteiger partial charge < -0.3 is 29.5 Å². The molecule has 2 aliphatic rings. The summed E-state index contributed by atoms with van der Waals surface area (Å²) < 4.78 is 17.5. The van der Waals surface area contributed by atoms with Crippen molar-refractivity contribution in [3.63, 3.8) is 0 Å². The average molecular weight is 455 g/mol. The van der Waals surface area contributed by atoms with Crippen molar-refractivity contribution < 1.29 is 34.3 Å². The fourth-order valence-electron chi connectivity index (χ4n) is 4.45. The van der Waals surface area contributed by atoms with Gasteiger partial charge in [0.1, 0.15) is 34.5 Å². The largest absolute Gasteiger partial charge is 0.507 e. The number of allylic oxidation sites excluding steroid dienone is 2. The molecule has 0 saturated heterocycles. The number of carbonyl (C=O) groups excluding carboxylic acids is 1. The Morgan fingerprint density at radius 1 is 1.21 bits per heavy atom. The Bertz CT molecular complexity index is 1120. The highest BCUT2D eigenvalue weighted by molar-refractivity contribution is 6.03. The lowest BCUT2D eigenvalue weighted by Gasteiger charge is -2.41. The molecule has 0 saturated carbocycles. The van der Waals surface area contributed by atoms with E-state index in [0.717, 1.165) is 6.42 Å². The molecule has 3 N–H and O–H groups in total. The van der Waals surface area contributed by atoms with Gasteiger partial charge in [0.15, 0.2) is 17.3 Å². The molecule has 0 spiro atoms. The molecule has 2 heterocycles. The van der Waals surface area contributed by atoms with Crippen LogP contribution in [0.1, 0.15) is 67.6 Å². The molecule has 2 aromatic carbocycles. The molecule has 0 aromatic heterocycles. The molecule has 0 aliphatic carbocycles. The second-order valence-corrected chi connectivity index (χ2v) is 9.19. The van der Waals surface area contributed by atoms with Crippen LogP contribution in [0, 0.1) is 0 Å². The predicted molar refractivity (Wildman–Crippen MR) is 122 cm³/mol. The summed E-state index contributed by atoms with van der Waals surface area (Å²) in [5.41, 5.74) is 1.56. The first-order valence-corrected chi connectivity index (χ1v) is 11.1. The Kier molecular flexibility index (Phi) is 6.01. The van der Waals surface area contributed by atoms with Crippen LogP contribution in [0.4, 0.5) is 0 Å². The molecular formula is C26H30O7. The third-order valence-electron chi connectivity index (χ3n) is 6.46. The maximum atomic E-state index is 13.0. The maximum Gasteiger partial charge on any atom is 0.174 e. The number of ether oxygens (including phenoxy) is 3. The van der Waals surface area contributed by atoms with Gasteiger partial charge in [-0.05, 0) is 51.3 Å². The number of benzene rings is 2. The van der Waals surface area contributed by atoms with Crippen LogP contribution in [0.15, 0.2) is 35.9 Å². The zero-order valence-corrected chi connectivity index (χ0v) is 19.3. The highest BCUT2D eigenvalue weighted by Gasteiger charge is 2.43. The van der Waals surface area contributed by atoms with E-state index in [0.29, 0.717) is 23.3 Å². The lowest BCUT2D eigenvalue weighted by molar-refractivity contribution is -0.0595. The van der Waals surface area contributed by atoms with E-state index < -0.39 is 17.8 Å². The number of rotatable bonds is 5. The lowest BCUT2D eigenvalue weighted by Crippen LogP contribution is -2.49. The van der Waals surface area contributed by atoms with Crippen molar-refractivity contribution in [2.45, 2.75) is 64.3 Å². The van der Waals surface area contributed by atoms with Crippen molar-refractivity contribution in [3.8, 4) is 28.7 Å². The average Bonchev–Trinajstić information content (AvgIpc) is 2.75. The number of aliphatic hydroxyl groups is 1. The second-order valence-electron chi connectivity index (χ2n) is 9.19. The Balaban J connectivity index is 1.67. The van der Waals surface area contributed by atoms with Gasteiger partial charge in [0.2, 0.25) is 0 Å². The molecule has 2 aliphatic heterocycles. The minimum atomic E-state index is -0.831. The van der Waals surface area contributed by atoms with Crippen molar-refractivity contribution in [3.05, 3.63) is 52.6 Å². The lowest BCUT2D eigenvalue weighted by atomic mass is 9.84. The summed E-state index contributed by atoms with van der Waals surface area (Å²) in [6.07, 6.45) is 2.24. The summed E-state index contributed by atoms with van der Waals surface area (Å²) in [5, 5.41) is 31.6. The third-order valence-corrected chi connectivity index (χ3v) is 6.46. The second kappa shape index (κ2) is 8.63. The molecule has 3 unspecified atom stereocenters. The fraction of sp³-hybridized carbons (Fsp3) is 0.423. The third kappa shape index (κ3) is 4.25. The Morgan fingerprint density at radius 2 is 1.97 bits per heavy atom. The van der Waals surface area contributed by atoms with Crippen LogP contribution in [-0.4, -0.2) is 39.9 Å². The van der Waals surface area contributed by atoms with E-state index in [2.05, 4.69) is 6.08 Å². The summed E-state index contributed by atoms with van der Waals surface area (Å²) in [6, 6.07) is 6.43. The van der Waals surface area contributed by atoms with Gasteiger partial charge in [0, 0.05) is 18.1 Å². The molecule has 4 rings (SSSR count). The van der Waals surface area contributed by atoms with Crippen molar-refractivity contribution >= 4 is 5.78 Å². The summed E-state index contributed by atoms with van der Waals surface area (Å²) in [5.74, 6) is 0.470. The number of fused-ring (bicyclic) bond motifs is 2. The van der Waals surface area contributed by atoms with E-state index in [1.54, 1.807) is 18.2 Å². The number of carbonyl (C=O) groups is 1. The molecule has 7 nitrogen and oxygen atoms in total. The molecule has 0 amide bonds. The Hall–Kier alpha value is -3.19. The normalized spacial score (nSPS) is 23.6. The number of Topliss-reactive ketones (excluding diaryl/α,β-unsaturated/α-hetero) is 1. The molecule has 2 aromatic rings. The van der Waals surface area contributed by atoms with Gasteiger partial charge in [-0.2, -0.15) is 0 Å². The SMILES string of the molecule is COc1cc(C2CC(=O)c3c(cc4c(c3O)CC(O)C(C)(CCC=C(C)C)O4)O2)ccc1O. The van der Waals surface area contributed by atoms with Gasteiger partial charge in [-0.25, -0.2) is 0 Å². The molecule has 0 fully saturated rings. The standard InChI is InChI=1S/C26H30O7/c1-14(2)6-5-9-26(3)23(29)11-16-20(33-26)13-22-24(25(16)30)18(28)12-19(32-22)15-7-8-17(27)21(10-15)31-4/h6-8,10,13,19,23,27,29-30H,5,9,11-12H2,1-4H3. The first-order valence-electron chi connectivity index (χ1n) is 11.1. The van der Waals surface area contributed by atoms with Gasteiger partial charge in [-0.15, -0.1) is 0 Å². The number of hydrogen-bond donors (Lipinski definition) is 3. The van der Waals surface area contributed by atoms with E-state index >= 15 is 0 Å². The Morgan fingerprint density at radius 3 is 2.67 bits per heavy atom. The monoisotopic (exact) mass is 454 g/mol. The van der Waals surface area contributed by atoms with Gasteiger partial charge >= 0.3 is 0 Å². The molecule has 33 heavy (non-hydrogen) atoms. The van der Waals surface area contributed by atoms with Crippen molar-refractivity contribution in [1.82, 2.24) is 0 Å². The predicted octanol–water partition coefficient (Wildman–Crippen LogP) is 4.61. The molecule has 7 heteroatoms. The minimum absolute atomic E-state index is 0.00476. The molecular weight excluding hydrogens is 424 g/mol. The summed E-state index contributed by atoms with van der Waals surface area (Å²) in [4.78, 5) is 13.0. The quantitative estimate of drug-likeness (QED) is 0.567. The van der Waals surface area contributed by atoms with Gasteiger partial charge in [-0.1, -0.05) is 17.7 Å². The van der Waals surface area contributed by atoms with E-state index in [4.69, 9.17) is 14.2 Å². The molecule has 0 bridgehead atoms. The first kappa shape index (κ1) is 23.0. The minimum Gasteiger partial charge on any atom is -0.507 e. The van der Waals surface area contributed by atoms with Crippen LogP contribution in [0.2, 0.25) is 0 Å². The zero-order valence-electron chi connectivity index (χ0n) is 19.3. The van der Waals surface area contributed by atoms with Crippen LogP contribution in [-0.2, 0) is 6.42 Å².